The maximum absolute atomic E-state index is 9.98. The molecule has 1 aromatic heterocycles. The van der Waals surface area contributed by atoms with Crippen molar-refractivity contribution in [2.45, 2.75) is 52.2 Å². The van der Waals surface area contributed by atoms with Crippen molar-refractivity contribution in [1.29, 1.82) is 0 Å². The lowest BCUT2D eigenvalue weighted by Crippen LogP contribution is -2.59. The molecule has 1 saturated carbocycles. The van der Waals surface area contributed by atoms with Crippen LogP contribution in [0.25, 0.3) is 0 Å². The van der Waals surface area contributed by atoms with Crippen LogP contribution in [-0.2, 0) is 0 Å². The van der Waals surface area contributed by atoms with Gasteiger partial charge >= 0.3 is 0 Å². The van der Waals surface area contributed by atoms with Crippen LogP contribution in [0.5, 0.6) is 5.75 Å². The summed E-state index contributed by atoms with van der Waals surface area (Å²) < 4.78 is 6.03. The molecule has 3 heteroatoms. The number of pyridine rings is 1. The molecule has 1 aliphatic carbocycles. The zero-order chi connectivity index (χ0) is 12.5. The van der Waals surface area contributed by atoms with Gasteiger partial charge in [0.1, 0.15) is 11.9 Å². The average molecular weight is 235 g/mol. The highest BCUT2D eigenvalue weighted by Gasteiger charge is 2.53. The van der Waals surface area contributed by atoms with Gasteiger partial charge in [0.2, 0.25) is 0 Å². The summed E-state index contributed by atoms with van der Waals surface area (Å²) in [5.41, 5.74) is 0.845. The molecule has 94 valence electrons. The third kappa shape index (κ3) is 1.93. The standard InChI is InChI=1S/C14H21NO2/c1-4-14(5-2)12(16)9-13(14)17-11-7-6-8-15-10(11)3/h6-8,12-13,16H,4-5,9H2,1-3H3. The molecule has 1 aromatic rings. The first-order valence-corrected chi connectivity index (χ1v) is 6.40. The predicted octanol–water partition coefficient (Wildman–Crippen LogP) is 2.71. The molecule has 2 atom stereocenters. The molecule has 1 aliphatic rings. The fourth-order valence-corrected chi connectivity index (χ4v) is 2.82. The maximum atomic E-state index is 9.98. The lowest BCUT2D eigenvalue weighted by molar-refractivity contribution is -0.159. The van der Waals surface area contributed by atoms with Crippen LogP contribution in [0, 0.1) is 12.3 Å². The number of hydrogen-bond donors (Lipinski definition) is 1. The average Bonchev–Trinajstić information content (AvgIpc) is 2.33. The highest BCUT2D eigenvalue weighted by molar-refractivity contribution is 5.26. The molecular formula is C14H21NO2. The smallest absolute Gasteiger partial charge is 0.140 e. The minimum atomic E-state index is -0.223. The number of aromatic nitrogens is 1. The first-order valence-electron chi connectivity index (χ1n) is 6.40. The second-order valence-electron chi connectivity index (χ2n) is 4.89. The Morgan fingerprint density at radius 3 is 2.71 bits per heavy atom. The molecule has 0 bridgehead atoms. The molecule has 0 aliphatic heterocycles. The molecule has 0 saturated heterocycles. The van der Waals surface area contributed by atoms with Crippen LogP contribution in [-0.4, -0.2) is 22.3 Å². The van der Waals surface area contributed by atoms with E-state index >= 15 is 0 Å². The van der Waals surface area contributed by atoms with Gasteiger partial charge in [-0.3, -0.25) is 4.98 Å². The molecular weight excluding hydrogens is 214 g/mol. The fraction of sp³-hybridized carbons (Fsp3) is 0.643. The quantitative estimate of drug-likeness (QED) is 0.872. The summed E-state index contributed by atoms with van der Waals surface area (Å²) >= 11 is 0. The van der Waals surface area contributed by atoms with Gasteiger partial charge in [0, 0.05) is 18.0 Å². The van der Waals surface area contributed by atoms with E-state index in [1.807, 2.05) is 19.1 Å². The van der Waals surface area contributed by atoms with E-state index in [-0.39, 0.29) is 17.6 Å². The van der Waals surface area contributed by atoms with Gasteiger partial charge in [-0.2, -0.15) is 0 Å². The molecule has 0 amide bonds. The van der Waals surface area contributed by atoms with Crippen molar-refractivity contribution in [3.63, 3.8) is 0 Å². The molecule has 2 rings (SSSR count). The molecule has 0 radical (unpaired) electrons. The molecule has 17 heavy (non-hydrogen) atoms. The minimum absolute atomic E-state index is 0.0672. The van der Waals surface area contributed by atoms with E-state index in [0.717, 1.165) is 30.7 Å². The Labute approximate surface area is 103 Å². The Bertz CT molecular complexity index is 388. The number of aliphatic hydroxyl groups excluding tert-OH is 1. The Kier molecular flexibility index (Phi) is 3.38. The summed E-state index contributed by atoms with van der Waals surface area (Å²) in [4.78, 5) is 4.22. The van der Waals surface area contributed by atoms with Crippen LogP contribution in [0.15, 0.2) is 18.3 Å². The van der Waals surface area contributed by atoms with Crippen LogP contribution in [0.3, 0.4) is 0 Å². The van der Waals surface area contributed by atoms with Crippen LogP contribution in [0.4, 0.5) is 0 Å². The third-order valence-electron chi connectivity index (χ3n) is 4.29. The first kappa shape index (κ1) is 12.4. The Hall–Kier alpha value is -1.09. The summed E-state index contributed by atoms with van der Waals surface area (Å²) in [5.74, 6) is 0.843. The van der Waals surface area contributed by atoms with E-state index in [1.54, 1.807) is 6.20 Å². The predicted molar refractivity (Wildman–Crippen MR) is 67.0 cm³/mol. The Morgan fingerprint density at radius 2 is 2.18 bits per heavy atom. The van der Waals surface area contributed by atoms with Gasteiger partial charge < -0.3 is 9.84 Å². The van der Waals surface area contributed by atoms with E-state index < -0.39 is 0 Å². The number of hydrogen-bond acceptors (Lipinski definition) is 3. The lowest BCUT2D eigenvalue weighted by atomic mass is 9.60. The van der Waals surface area contributed by atoms with Crippen molar-refractivity contribution in [2.24, 2.45) is 5.41 Å². The fourth-order valence-electron chi connectivity index (χ4n) is 2.82. The van der Waals surface area contributed by atoms with Gasteiger partial charge in [-0.15, -0.1) is 0 Å². The minimum Gasteiger partial charge on any atom is -0.488 e. The van der Waals surface area contributed by atoms with Gasteiger partial charge in [0.25, 0.3) is 0 Å². The van der Waals surface area contributed by atoms with Gasteiger partial charge in [-0.05, 0) is 31.9 Å². The number of nitrogens with zero attached hydrogens (tertiary/aromatic N) is 1. The normalized spacial score (nSPS) is 26.4. The van der Waals surface area contributed by atoms with Crippen molar-refractivity contribution in [2.75, 3.05) is 0 Å². The monoisotopic (exact) mass is 235 g/mol. The largest absolute Gasteiger partial charge is 0.488 e. The molecule has 1 fully saturated rings. The van der Waals surface area contributed by atoms with Crippen molar-refractivity contribution < 1.29 is 9.84 Å². The molecule has 3 nitrogen and oxygen atoms in total. The molecule has 0 aromatic carbocycles. The number of aliphatic hydroxyl groups is 1. The van der Waals surface area contributed by atoms with E-state index in [1.165, 1.54) is 0 Å². The van der Waals surface area contributed by atoms with Gasteiger partial charge in [0.05, 0.1) is 11.8 Å². The molecule has 1 heterocycles. The van der Waals surface area contributed by atoms with Crippen LogP contribution in [0.2, 0.25) is 0 Å². The second kappa shape index (κ2) is 4.65. The Balaban J connectivity index is 2.13. The van der Waals surface area contributed by atoms with E-state index in [2.05, 4.69) is 18.8 Å². The molecule has 0 spiro atoms. The highest BCUT2D eigenvalue weighted by atomic mass is 16.5. The van der Waals surface area contributed by atoms with Crippen LogP contribution < -0.4 is 4.74 Å². The number of rotatable bonds is 4. The summed E-state index contributed by atoms with van der Waals surface area (Å²) in [6.07, 6.45) is 4.30. The second-order valence-corrected chi connectivity index (χ2v) is 4.89. The Morgan fingerprint density at radius 1 is 1.47 bits per heavy atom. The SMILES string of the molecule is CCC1(CC)C(O)CC1Oc1cccnc1C. The summed E-state index contributed by atoms with van der Waals surface area (Å²) in [6, 6.07) is 3.83. The lowest BCUT2D eigenvalue weighted by Gasteiger charge is -2.52. The van der Waals surface area contributed by atoms with E-state index in [0.29, 0.717) is 0 Å². The van der Waals surface area contributed by atoms with Crippen molar-refractivity contribution in [3.05, 3.63) is 24.0 Å². The van der Waals surface area contributed by atoms with Crippen LogP contribution in [0.1, 0.15) is 38.8 Å². The number of ether oxygens (including phenoxy) is 1. The van der Waals surface area contributed by atoms with Gasteiger partial charge in [0.15, 0.2) is 0 Å². The van der Waals surface area contributed by atoms with Crippen molar-refractivity contribution >= 4 is 0 Å². The topological polar surface area (TPSA) is 42.4 Å². The van der Waals surface area contributed by atoms with Gasteiger partial charge in [-0.25, -0.2) is 0 Å². The first-order chi connectivity index (χ1) is 8.14. The van der Waals surface area contributed by atoms with Gasteiger partial charge in [-0.1, -0.05) is 13.8 Å². The van der Waals surface area contributed by atoms with Crippen molar-refractivity contribution in [1.82, 2.24) is 4.98 Å². The van der Waals surface area contributed by atoms with E-state index in [4.69, 9.17) is 4.74 Å². The summed E-state index contributed by atoms with van der Waals surface area (Å²) in [6.45, 7) is 6.20. The maximum Gasteiger partial charge on any atom is 0.140 e. The summed E-state index contributed by atoms with van der Waals surface area (Å²) in [5, 5.41) is 9.98. The highest BCUT2D eigenvalue weighted by Crippen LogP contribution is 2.49. The zero-order valence-corrected chi connectivity index (χ0v) is 10.8. The zero-order valence-electron chi connectivity index (χ0n) is 10.8. The molecule has 2 unspecified atom stereocenters. The van der Waals surface area contributed by atoms with Crippen molar-refractivity contribution in [3.8, 4) is 5.75 Å². The number of aryl methyl sites for hydroxylation is 1. The summed E-state index contributed by atoms with van der Waals surface area (Å²) in [7, 11) is 0. The van der Waals surface area contributed by atoms with Crippen LogP contribution >= 0.6 is 0 Å². The third-order valence-corrected chi connectivity index (χ3v) is 4.29. The molecule has 1 N–H and O–H groups in total. The van der Waals surface area contributed by atoms with E-state index in [9.17, 15) is 5.11 Å².